The van der Waals surface area contributed by atoms with Crippen LogP contribution in [-0.2, 0) is 11.0 Å². The molecule has 0 saturated carbocycles. The number of ether oxygens (including phenoxy) is 1. The molecular formula is C26H26ClF3N4O4. The quantitative estimate of drug-likeness (QED) is 0.287. The SMILES string of the molecule is CC(C)C(COc1ccc(-c2ccc(C(F)(F)F)cc2Cl)nc1)Nc1ccc(C(=O)NCCC(=O)O)cn1. The Kier molecular flexibility index (Phi) is 9.51. The lowest BCUT2D eigenvalue weighted by Gasteiger charge is -2.23. The molecule has 3 rings (SSSR count). The predicted molar refractivity (Wildman–Crippen MR) is 136 cm³/mol. The number of carboxylic acids is 1. The van der Waals surface area contributed by atoms with E-state index in [9.17, 15) is 22.8 Å². The van der Waals surface area contributed by atoms with Crippen LogP contribution < -0.4 is 15.4 Å². The van der Waals surface area contributed by atoms with E-state index in [1.807, 2.05) is 13.8 Å². The Morgan fingerprint density at radius 1 is 1.08 bits per heavy atom. The van der Waals surface area contributed by atoms with Crippen LogP contribution in [0.5, 0.6) is 5.75 Å². The number of hydrogen-bond acceptors (Lipinski definition) is 6. The molecule has 0 fully saturated rings. The van der Waals surface area contributed by atoms with Gasteiger partial charge in [-0.05, 0) is 42.3 Å². The van der Waals surface area contributed by atoms with Gasteiger partial charge in [-0.3, -0.25) is 14.6 Å². The van der Waals surface area contributed by atoms with Gasteiger partial charge in [-0.1, -0.05) is 31.5 Å². The molecule has 0 aliphatic rings. The summed E-state index contributed by atoms with van der Waals surface area (Å²) in [7, 11) is 0. The number of rotatable bonds is 11. The highest BCUT2D eigenvalue weighted by Crippen LogP contribution is 2.35. The molecule has 1 atom stereocenters. The largest absolute Gasteiger partial charge is 0.490 e. The lowest BCUT2D eigenvalue weighted by atomic mass is 10.1. The average Bonchev–Trinajstić information content (AvgIpc) is 2.86. The number of aliphatic carboxylic acids is 1. The second-order valence-electron chi connectivity index (χ2n) is 8.71. The number of alkyl halides is 3. The highest BCUT2D eigenvalue weighted by atomic mass is 35.5. The topological polar surface area (TPSA) is 113 Å². The Morgan fingerprint density at radius 3 is 2.39 bits per heavy atom. The van der Waals surface area contributed by atoms with Gasteiger partial charge in [-0.15, -0.1) is 0 Å². The van der Waals surface area contributed by atoms with E-state index in [-0.39, 0.29) is 36.6 Å². The maximum atomic E-state index is 12.9. The summed E-state index contributed by atoms with van der Waals surface area (Å²) in [6, 6.07) is 9.46. The van der Waals surface area contributed by atoms with Gasteiger partial charge in [0.1, 0.15) is 18.2 Å². The van der Waals surface area contributed by atoms with Gasteiger partial charge in [0.2, 0.25) is 0 Å². The molecule has 8 nitrogen and oxygen atoms in total. The molecule has 3 N–H and O–H groups in total. The van der Waals surface area contributed by atoms with Crippen LogP contribution in [0.3, 0.4) is 0 Å². The van der Waals surface area contributed by atoms with Crippen molar-refractivity contribution in [1.82, 2.24) is 15.3 Å². The van der Waals surface area contributed by atoms with E-state index in [1.165, 1.54) is 18.5 Å². The molecule has 202 valence electrons. The first kappa shape index (κ1) is 28.7. The molecule has 3 aromatic rings. The van der Waals surface area contributed by atoms with Gasteiger partial charge in [-0.25, -0.2) is 4.98 Å². The van der Waals surface area contributed by atoms with E-state index < -0.39 is 23.6 Å². The van der Waals surface area contributed by atoms with Crippen LogP contribution in [0.4, 0.5) is 19.0 Å². The maximum absolute atomic E-state index is 12.9. The Balaban J connectivity index is 1.58. The van der Waals surface area contributed by atoms with Gasteiger partial charge in [0.15, 0.2) is 0 Å². The van der Waals surface area contributed by atoms with Crippen molar-refractivity contribution in [3.8, 4) is 17.0 Å². The molecule has 0 saturated heterocycles. The van der Waals surface area contributed by atoms with E-state index in [1.54, 1.807) is 24.3 Å². The third-order valence-corrected chi connectivity index (χ3v) is 5.84. The van der Waals surface area contributed by atoms with Crippen molar-refractivity contribution < 1.29 is 32.6 Å². The van der Waals surface area contributed by atoms with Gasteiger partial charge >= 0.3 is 12.1 Å². The minimum Gasteiger partial charge on any atom is -0.490 e. The molecule has 12 heteroatoms. The van der Waals surface area contributed by atoms with Gasteiger partial charge in [0.05, 0.1) is 40.5 Å². The molecule has 1 unspecified atom stereocenters. The minimum absolute atomic E-state index is 0.0220. The maximum Gasteiger partial charge on any atom is 0.416 e. The molecule has 0 bridgehead atoms. The fraction of sp³-hybridized carbons (Fsp3) is 0.308. The highest BCUT2D eigenvalue weighted by Gasteiger charge is 2.31. The summed E-state index contributed by atoms with van der Waals surface area (Å²) >= 11 is 6.06. The van der Waals surface area contributed by atoms with Crippen molar-refractivity contribution in [3.05, 3.63) is 71.0 Å². The van der Waals surface area contributed by atoms with Crippen LogP contribution in [0.25, 0.3) is 11.3 Å². The van der Waals surface area contributed by atoms with E-state index in [2.05, 4.69) is 20.6 Å². The van der Waals surface area contributed by atoms with Crippen LogP contribution in [0.15, 0.2) is 54.9 Å². The highest BCUT2D eigenvalue weighted by molar-refractivity contribution is 6.33. The van der Waals surface area contributed by atoms with Crippen LogP contribution >= 0.6 is 11.6 Å². The zero-order chi connectivity index (χ0) is 27.9. The zero-order valence-electron chi connectivity index (χ0n) is 20.6. The second-order valence-corrected chi connectivity index (χ2v) is 9.12. The zero-order valence-corrected chi connectivity index (χ0v) is 21.3. The van der Waals surface area contributed by atoms with E-state index >= 15 is 0 Å². The molecule has 0 spiro atoms. The molecular weight excluding hydrogens is 525 g/mol. The Hall–Kier alpha value is -3.86. The molecule has 2 aromatic heterocycles. The lowest BCUT2D eigenvalue weighted by Crippen LogP contribution is -2.32. The van der Waals surface area contributed by atoms with Gasteiger partial charge in [0.25, 0.3) is 5.91 Å². The van der Waals surface area contributed by atoms with Crippen molar-refractivity contribution in [2.75, 3.05) is 18.5 Å². The van der Waals surface area contributed by atoms with Gasteiger partial charge < -0.3 is 20.5 Å². The molecule has 0 radical (unpaired) electrons. The summed E-state index contributed by atoms with van der Waals surface area (Å²) in [5.41, 5.74) is 0.253. The van der Waals surface area contributed by atoms with Crippen LogP contribution in [-0.4, -0.2) is 46.1 Å². The molecule has 2 heterocycles. The first-order valence-corrected chi connectivity index (χ1v) is 12.0. The number of carboxylic acid groups (broad SMARTS) is 1. The minimum atomic E-state index is -4.48. The number of amides is 1. The Labute approximate surface area is 222 Å². The number of anilines is 1. The number of carbonyl (C=O) groups is 2. The first-order chi connectivity index (χ1) is 17.9. The number of aromatic nitrogens is 2. The number of carbonyl (C=O) groups excluding carboxylic acids is 1. The normalized spacial score (nSPS) is 12.2. The van der Waals surface area contributed by atoms with E-state index in [4.69, 9.17) is 21.4 Å². The average molecular weight is 551 g/mol. The molecule has 0 aliphatic heterocycles. The monoisotopic (exact) mass is 550 g/mol. The Morgan fingerprint density at radius 2 is 1.84 bits per heavy atom. The third kappa shape index (κ3) is 8.07. The van der Waals surface area contributed by atoms with Crippen molar-refractivity contribution in [2.24, 2.45) is 5.92 Å². The smallest absolute Gasteiger partial charge is 0.416 e. The molecule has 1 amide bonds. The summed E-state index contributed by atoms with van der Waals surface area (Å²) in [6.45, 7) is 4.28. The first-order valence-electron chi connectivity index (χ1n) is 11.6. The fourth-order valence-corrected chi connectivity index (χ4v) is 3.58. The number of hydrogen-bond donors (Lipinski definition) is 3. The summed E-state index contributed by atoms with van der Waals surface area (Å²) in [6.07, 6.45) is -1.79. The van der Waals surface area contributed by atoms with Gasteiger partial charge in [0, 0.05) is 18.3 Å². The van der Waals surface area contributed by atoms with Gasteiger partial charge in [-0.2, -0.15) is 13.2 Å². The standard InChI is InChI=1S/C26H26ClF3N4O4/c1-15(2)22(34-23-8-3-16(12-33-23)25(37)31-10-9-24(35)36)14-38-18-5-7-21(32-13-18)19-6-4-17(11-20(19)27)26(28,29)30/h3-8,11-13,15,22H,9-10,14H2,1-2H3,(H,31,37)(H,33,34)(H,35,36). The van der Waals surface area contributed by atoms with Crippen molar-refractivity contribution >= 4 is 29.3 Å². The number of pyridine rings is 2. The fourth-order valence-electron chi connectivity index (χ4n) is 3.30. The second kappa shape index (κ2) is 12.6. The Bertz CT molecular complexity index is 1250. The molecule has 38 heavy (non-hydrogen) atoms. The third-order valence-electron chi connectivity index (χ3n) is 5.53. The van der Waals surface area contributed by atoms with E-state index in [0.29, 0.717) is 28.4 Å². The number of nitrogens with zero attached hydrogens (tertiary/aromatic N) is 2. The van der Waals surface area contributed by atoms with Crippen molar-refractivity contribution in [3.63, 3.8) is 0 Å². The number of nitrogens with one attached hydrogen (secondary N) is 2. The van der Waals surface area contributed by atoms with Crippen LogP contribution in [0.2, 0.25) is 5.02 Å². The predicted octanol–water partition coefficient (Wildman–Crippen LogP) is 5.54. The van der Waals surface area contributed by atoms with Crippen molar-refractivity contribution in [2.45, 2.75) is 32.5 Å². The molecule has 0 aliphatic carbocycles. The van der Waals surface area contributed by atoms with Crippen LogP contribution in [0, 0.1) is 5.92 Å². The summed E-state index contributed by atoms with van der Waals surface area (Å²) in [5.74, 6) is -0.276. The summed E-state index contributed by atoms with van der Waals surface area (Å²) in [5, 5.41) is 14.4. The number of benzene rings is 1. The lowest BCUT2D eigenvalue weighted by molar-refractivity contribution is -0.138. The van der Waals surface area contributed by atoms with E-state index in [0.717, 1.165) is 12.1 Å². The summed E-state index contributed by atoms with van der Waals surface area (Å²) in [4.78, 5) is 31.2. The van der Waals surface area contributed by atoms with Crippen LogP contribution in [0.1, 0.15) is 36.2 Å². The van der Waals surface area contributed by atoms with Crippen molar-refractivity contribution in [1.29, 1.82) is 0 Å². The number of halogens is 4. The molecule has 1 aromatic carbocycles. The summed E-state index contributed by atoms with van der Waals surface area (Å²) < 4.78 is 44.5.